The average Bonchev–Trinajstić information content (AvgIpc) is 3.53. The van der Waals surface area contributed by atoms with E-state index in [1.54, 1.807) is 0 Å². The van der Waals surface area contributed by atoms with Gasteiger partial charge < -0.3 is 9.80 Å². The van der Waals surface area contributed by atoms with Crippen LogP contribution >= 0.6 is 0 Å². The summed E-state index contributed by atoms with van der Waals surface area (Å²) in [5.74, 6) is 2.65. The zero-order chi connectivity index (χ0) is 17.2. The van der Waals surface area contributed by atoms with Gasteiger partial charge in [0, 0.05) is 44.0 Å². The van der Waals surface area contributed by atoms with Crippen LogP contribution in [0, 0.1) is 11.3 Å². The highest BCUT2D eigenvalue weighted by molar-refractivity contribution is 5.50. The Kier molecular flexibility index (Phi) is 4.27. The second kappa shape index (κ2) is 6.72. The standard InChI is InChI=1S/C20H23N5/c1-24(19-8-11-22-20(23-19)16-4-5-16)17-9-12-25(13-10-17)18-6-2-15(14-21)3-7-18/h2-3,6-8,11,16-17H,4-5,9-10,12-13H2,1H3. The van der Waals surface area contributed by atoms with E-state index < -0.39 is 0 Å². The van der Waals surface area contributed by atoms with Crippen LogP contribution in [0.5, 0.6) is 0 Å². The van der Waals surface area contributed by atoms with Crippen LogP contribution in [0.25, 0.3) is 0 Å². The quantitative estimate of drug-likeness (QED) is 0.859. The van der Waals surface area contributed by atoms with Crippen LogP contribution in [0.3, 0.4) is 0 Å². The Morgan fingerprint density at radius 2 is 1.80 bits per heavy atom. The second-order valence-electron chi connectivity index (χ2n) is 7.04. The number of anilines is 2. The molecule has 2 aliphatic rings. The molecule has 25 heavy (non-hydrogen) atoms. The SMILES string of the molecule is CN(c1ccnc(C2CC2)n1)C1CCN(c2ccc(C#N)cc2)CC1. The molecule has 0 atom stereocenters. The monoisotopic (exact) mass is 333 g/mol. The molecule has 0 N–H and O–H groups in total. The van der Waals surface area contributed by atoms with E-state index in [0.717, 1.165) is 37.6 Å². The Morgan fingerprint density at radius 1 is 1.08 bits per heavy atom. The van der Waals surface area contributed by atoms with Gasteiger partial charge in [-0.25, -0.2) is 9.97 Å². The maximum atomic E-state index is 8.92. The van der Waals surface area contributed by atoms with Crippen molar-refractivity contribution in [1.82, 2.24) is 9.97 Å². The van der Waals surface area contributed by atoms with Gasteiger partial charge in [-0.2, -0.15) is 5.26 Å². The molecule has 5 nitrogen and oxygen atoms in total. The number of piperidine rings is 1. The van der Waals surface area contributed by atoms with E-state index in [0.29, 0.717) is 17.5 Å². The maximum Gasteiger partial charge on any atom is 0.133 e. The van der Waals surface area contributed by atoms with Gasteiger partial charge in [0.15, 0.2) is 0 Å². The smallest absolute Gasteiger partial charge is 0.133 e. The zero-order valence-electron chi connectivity index (χ0n) is 14.6. The van der Waals surface area contributed by atoms with E-state index in [1.165, 1.54) is 18.5 Å². The number of hydrogen-bond donors (Lipinski definition) is 0. The number of benzene rings is 1. The van der Waals surface area contributed by atoms with Crippen molar-refractivity contribution in [3.8, 4) is 6.07 Å². The lowest BCUT2D eigenvalue weighted by Gasteiger charge is -2.38. The lowest BCUT2D eigenvalue weighted by molar-refractivity contribution is 0.479. The summed E-state index contributed by atoms with van der Waals surface area (Å²) < 4.78 is 0. The van der Waals surface area contributed by atoms with Crippen molar-refractivity contribution in [2.75, 3.05) is 29.9 Å². The van der Waals surface area contributed by atoms with Gasteiger partial charge in [0.2, 0.25) is 0 Å². The van der Waals surface area contributed by atoms with Crippen molar-refractivity contribution < 1.29 is 0 Å². The molecule has 0 amide bonds. The fourth-order valence-electron chi connectivity index (χ4n) is 3.54. The lowest BCUT2D eigenvalue weighted by Crippen LogP contribution is -2.43. The largest absolute Gasteiger partial charge is 0.371 e. The van der Waals surface area contributed by atoms with E-state index in [9.17, 15) is 0 Å². The normalized spacial score (nSPS) is 18.0. The summed E-state index contributed by atoms with van der Waals surface area (Å²) in [5.41, 5.74) is 1.92. The molecular weight excluding hydrogens is 310 g/mol. The van der Waals surface area contributed by atoms with Gasteiger partial charge in [0.1, 0.15) is 11.6 Å². The zero-order valence-corrected chi connectivity index (χ0v) is 14.6. The Bertz CT molecular complexity index is 767. The van der Waals surface area contributed by atoms with Gasteiger partial charge in [-0.15, -0.1) is 0 Å². The minimum absolute atomic E-state index is 0.511. The van der Waals surface area contributed by atoms with Crippen LogP contribution in [-0.4, -0.2) is 36.1 Å². The fraction of sp³-hybridized carbons (Fsp3) is 0.450. The molecule has 0 spiro atoms. The first-order valence-electron chi connectivity index (χ1n) is 9.05. The molecule has 2 heterocycles. The van der Waals surface area contributed by atoms with Gasteiger partial charge in [-0.1, -0.05) is 0 Å². The number of aromatic nitrogens is 2. The lowest BCUT2D eigenvalue weighted by atomic mass is 10.0. The molecule has 2 aromatic rings. The van der Waals surface area contributed by atoms with Gasteiger partial charge in [0.05, 0.1) is 11.6 Å². The van der Waals surface area contributed by atoms with E-state index in [-0.39, 0.29) is 0 Å². The molecule has 1 aliphatic carbocycles. The molecule has 2 fully saturated rings. The molecular formula is C20H23N5. The highest BCUT2D eigenvalue weighted by atomic mass is 15.2. The van der Waals surface area contributed by atoms with Crippen LogP contribution in [0.1, 0.15) is 43.0 Å². The highest BCUT2D eigenvalue weighted by Crippen LogP contribution is 2.38. The van der Waals surface area contributed by atoms with E-state index in [4.69, 9.17) is 10.2 Å². The Hall–Kier alpha value is -2.61. The Morgan fingerprint density at radius 3 is 2.44 bits per heavy atom. The molecule has 128 valence electrons. The summed E-state index contributed by atoms with van der Waals surface area (Å²) in [6.45, 7) is 2.06. The van der Waals surface area contributed by atoms with Crippen molar-refractivity contribution in [3.05, 3.63) is 47.9 Å². The van der Waals surface area contributed by atoms with Crippen molar-refractivity contribution in [2.45, 2.75) is 37.6 Å². The van der Waals surface area contributed by atoms with Crippen LogP contribution in [0.15, 0.2) is 36.5 Å². The maximum absolute atomic E-state index is 8.92. The number of nitriles is 1. The van der Waals surface area contributed by atoms with E-state index in [1.807, 2.05) is 24.4 Å². The van der Waals surface area contributed by atoms with Crippen molar-refractivity contribution in [3.63, 3.8) is 0 Å². The first-order valence-corrected chi connectivity index (χ1v) is 9.05. The molecule has 1 aromatic heterocycles. The summed E-state index contributed by atoms with van der Waals surface area (Å²) in [4.78, 5) is 13.9. The number of hydrogen-bond acceptors (Lipinski definition) is 5. The molecule has 1 aliphatic heterocycles. The van der Waals surface area contributed by atoms with E-state index in [2.05, 4.69) is 40.0 Å². The third-order valence-corrected chi connectivity index (χ3v) is 5.34. The number of nitrogens with zero attached hydrogens (tertiary/aromatic N) is 5. The number of rotatable bonds is 4. The van der Waals surface area contributed by atoms with E-state index >= 15 is 0 Å². The molecule has 0 bridgehead atoms. The first-order chi connectivity index (χ1) is 12.2. The Labute approximate surface area is 148 Å². The van der Waals surface area contributed by atoms with Crippen LogP contribution in [-0.2, 0) is 0 Å². The molecule has 1 saturated heterocycles. The van der Waals surface area contributed by atoms with Crippen LogP contribution < -0.4 is 9.80 Å². The third kappa shape index (κ3) is 3.43. The summed E-state index contributed by atoms with van der Waals surface area (Å²) in [5, 5.41) is 8.92. The summed E-state index contributed by atoms with van der Waals surface area (Å²) in [6, 6.07) is 12.6. The van der Waals surface area contributed by atoms with Crippen molar-refractivity contribution in [1.29, 1.82) is 5.26 Å². The van der Waals surface area contributed by atoms with Gasteiger partial charge in [-0.3, -0.25) is 0 Å². The topological polar surface area (TPSA) is 56.1 Å². The third-order valence-electron chi connectivity index (χ3n) is 5.34. The predicted molar refractivity (Wildman–Crippen MR) is 98.8 cm³/mol. The predicted octanol–water partition coefficient (Wildman–Crippen LogP) is 3.33. The molecule has 4 rings (SSSR count). The summed E-state index contributed by atoms with van der Waals surface area (Å²) >= 11 is 0. The van der Waals surface area contributed by atoms with Gasteiger partial charge >= 0.3 is 0 Å². The molecule has 5 heteroatoms. The molecule has 0 radical (unpaired) electrons. The minimum Gasteiger partial charge on any atom is -0.371 e. The molecule has 1 aromatic carbocycles. The van der Waals surface area contributed by atoms with Crippen molar-refractivity contribution >= 4 is 11.5 Å². The van der Waals surface area contributed by atoms with Crippen molar-refractivity contribution in [2.24, 2.45) is 0 Å². The highest BCUT2D eigenvalue weighted by Gasteiger charge is 2.28. The summed E-state index contributed by atoms with van der Waals surface area (Å²) in [6.07, 6.45) is 6.59. The van der Waals surface area contributed by atoms with Gasteiger partial charge in [-0.05, 0) is 56.0 Å². The average molecular weight is 333 g/mol. The Balaban J connectivity index is 1.39. The minimum atomic E-state index is 0.511. The second-order valence-corrected chi connectivity index (χ2v) is 7.04. The first kappa shape index (κ1) is 15.9. The fourth-order valence-corrected chi connectivity index (χ4v) is 3.54. The van der Waals surface area contributed by atoms with Gasteiger partial charge in [0.25, 0.3) is 0 Å². The summed E-state index contributed by atoms with van der Waals surface area (Å²) in [7, 11) is 2.15. The van der Waals surface area contributed by atoms with Crippen LogP contribution in [0.4, 0.5) is 11.5 Å². The van der Waals surface area contributed by atoms with Crippen LogP contribution in [0.2, 0.25) is 0 Å². The molecule has 0 unspecified atom stereocenters. The molecule has 1 saturated carbocycles.